The van der Waals surface area contributed by atoms with Crippen molar-refractivity contribution in [2.75, 3.05) is 26.4 Å². The highest BCUT2D eigenvalue weighted by Gasteiger charge is 2.26. The van der Waals surface area contributed by atoms with Crippen molar-refractivity contribution in [3.63, 3.8) is 0 Å². The zero-order valence-electron chi connectivity index (χ0n) is 43.7. The molecule has 0 rings (SSSR count). The fourth-order valence-corrected chi connectivity index (χ4v) is 7.32. The maximum Gasteiger partial charge on any atom is 0.472 e. The lowest BCUT2D eigenvalue weighted by Crippen LogP contribution is -2.29. The van der Waals surface area contributed by atoms with Gasteiger partial charge in [-0.3, -0.25) is 18.6 Å². The van der Waals surface area contributed by atoms with Gasteiger partial charge in [0.2, 0.25) is 0 Å². The van der Waals surface area contributed by atoms with E-state index in [1.807, 2.05) is 0 Å². The van der Waals surface area contributed by atoms with Crippen molar-refractivity contribution in [2.24, 2.45) is 5.73 Å². The first-order chi connectivity index (χ1) is 34.3. The van der Waals surface area contributed by atoms with Gasteiger partial charge in [0.15, 0.2) is 6.10 Å². The largest absolute Gasteiger partial charge is 0.472 e. The molecular formula is C60H96NO8P. The number of carbonyl (C=O) groups is 2. The second-order valence-corrected chi connectivity index (χ2v) is 18.5. The molecule has 0 aromatic rings. The Morgan fingerprint density at radius 1 is 0.443 bits per heavy atom. The molecule has 3 N–H and O–H groups in total. The fraction of sp³-hybridized carbons (Fsp3) is 0.567. The molecule has 0 spiro atoms. The van der Waals surface area contributed by atoms with Crippen LogP contribution in [0.2, 0.25) is 0 Å². The molecule has 2 atom stereocenters. The average molecular weight is 990 g/mol. The molecule has 70 heavy (non-hydrogen) atoms. The first-order valence-electron chi connectivity index (χ1n) is 26.8. The summed E-state index contributed by atoms with van der Waals surface area (Å²) in [4.78, 5) is 34.8. The number of phosphoric acid groups is 1. The number of hydrogen-bond donors (Lipinski definition) is 2. The highest BCUT2D eigenvalue weighted by molar-refractivity contribution is 7.47. The fourth-order valence-electron chi connectivity index (χ4n) is 6.56. The Labute approximate surface area is 426 Å². The summed E-state index contributed by atoms with van der Waals surface area (Å²) in [6.07, 6.45) is 77.9. The molecule has 10 heteroatoms. The Morgan fingerprint density at radius 3 is 1.17 bits per heavy atom. The van der Waals surface area contributed by atoms with E-state index >= 15 is 0 Å². The maximum absolute atomic E-state index is 12.6. The van der Waals surface area contributed by atoms with Crippen LogP contribution >= 0.6 is 7.82 Å². The summed E-state index contributed by atoms with van der Waals surface area (Å²) in [5, 5.41) is 0. The summed E-state index contributed by atoms with van der Waals surface area (Å²) in [7, 11) is -4.39. The van der Waals surface area contributed by atoms with E-state index in [4.69, 9.17) is 24.3 Å². The van der Waals surface area contributed by atoms with Gasteiger partial charge in [0.25, 0.3) is 0 Å². The van der Waals surface area contributed by atoms with Crippen molar-refractivity contribution in [1.29, 1.82) is 0 Å². The van der Waals surface area contributed by atoms with E-state index < -0.39 is 32.5 Å². The predicted octanol–water partition coefficient (Wildman–Crippen LogP) is 16.8. The molecule has 2 unspecified atom stereocenters. The third-order valence-electron chi connectivity index (χ3n) is 10.5. The number of phosphoric ester groups is 1. The van der Waals surface area contributed by atoms with E-state index in [0.717, 1.165) is 128 Å². The topological polar surface area (TPSA) is 134 Å². The molecule has 0 aliphatic carbocycles. The predicted molar refractivity (Wildman–Crippen MR) is 297 cm³/mol. The van der Waals surface area contributed by atoms with E-state index in [9.17, 15) is 19.0 Å². The third kappa shape index (κ3) is 53.2. The van der Waals surface area contributed by atoms with E-state index in [1.54, 1.807) is 0 Å². The molecule has 0 amide bonds. The minimum absolute atomic E-state index is 0.0424. The number of ether oxygens (including phenoxy) is 2. The van der Waals surface area contributed by atoms with Crippen LogP contribution in [0.5, 0.6) is 0 Å². The third-order valence-corrected chi connectivity index (χ3v) is 11.5. The number of carbonyl (C=O) groups excluding carboxylic acids is 2. The van der Waals surface area contributed by atoms with Gasteiger partial charge in [-0.2, -0.15) is 0 Å². The first kappa shape index (κ1) is 65.9. The van der Waals surface area contributed by atoms with E-state index in [-0.39, 0.29) is 32.6 Å². The standard InChI is InChI=1S/C60H96NO8P/c1-3-5-7-9-11-13-14-15-16-17-18-19-20-21-22-23-24-25-26-27-28-29-30-31-32-33-34-35-36-37-38-39-40-41-42-43-44-45-47-49-51-53-60(63)69-58(57-68-70(64,65)67-55-54-61)56-66-59(62)52-50-48-46-12-10-8-6-4-2/h5,7,11,13,15-16,18-19,21-22,24-25,27-28,30-31,33-34,36-37,39-40,42-43,58H,3-4,6,8-10,12,14,17,20,23,26,29,32,35,38,41,44-57,61H2,1-2H3,(H,64,65)/b7-5-,13-11-,16-15-,19-18-,22-21-,25-24-,28-27-,31-30-,34-33-,37-36-,40-39-,43-42-. The van der Waals surface area contributed by atoms with Crippen LogP contribution in [-0.4, -0.2) is 49.3 Å². The van der Waals surface area contributed by atoms with Crippen LogP contribution < -0.4 is 5.73 Å². The van der Waals surface area contributed by atoms with Crippen molar-refractivity contribution in [3.05, 3.63) is 146 Å². The molecule has 0 heterocycles. The summed E-state index contributed by atoms with van der Waals surface area (Å²) in [5.74, 6) is -0.874. The highest BCUT2D eigenvalue weighted by Crippen LogP contribution is 2.43. The van der Waals surface area contributed by atoms with Gasteiger partial charge in [-0.05, 0) is 103 Å². The Balaban J connectivity index is 4.01. The Hall–Kier alpha value is -4.11. The molecule has 9 nitrogen and oxygen atoms in total. The maximum atomic E-state index is 12.6. The van der Waals surface area contributed by atoms with Gasteiger partial charge in [0.05, 0.1) is 13.2 Å². The van der Waals surface area contributed by atoms with Crippen LogP contribution in [0.25, 0.3) is 0 Å². The van der Waals surface area contributed by atoms with E-state index in [1.165, 1.54) is 25.7 Å². The summed E-state index contributed by atoms with van der Waals surface area (Å²) in [6.45, 7) is 3.52. The van der Waals surface area contributed by atoms with Gasteiger partial charge < -0.3 is 20.1 Å². The summed E-state index contributed by atoms with van der Waals surface area (Å²) >= 11 is 0. The van der Waals surface area contributed by atoms with Gasteiger partial charge >= 0.3 is 19.8 Å². The van der Waals surface area contributed by atoms with Gasteiger partial charge in [-0.25, -0.2) is 4.57 Å². The number of esters is 2. The SMILES string of the molecule is CC/C=C\C/C=C\C/C=C\C/C=C\C/C=C\C/C=C\C/C=C\C/C=C\C/C=C\C/C=C\C/C=C\C/C=C\CCCCCCC(=O)OC(COC(=O)CCCCCCCCCC)COP(=O)(O)OCCN. The second kappa shape index (κ2) is 54.2. The average Bonchev–Trinajstić information content (AvgIpc) is 3.35. The van der Waals surface area contributed by atoms with Crippen LogP contribution in [0.15, 0.2) is 146 Å². The van der Waals surface area contributed by atoms with Crippen molar-refractivity contribution >= 4 is 19.8 Å². The summed E-state index contributed by atoms with van der Waals surface area (Å²) in [6, 6.07) is 0. The minimum Gasteiger partial charge on any atom is -0.462 e. The van der Waals surface area contributed by atoms with Crippen molar-refractivity contribution in [2.45, 2.75) is 193 Å². The molecule has 0 aliphatic rings. The number of allylic oxidation sites excluding steroid dienone is 24. The van der Waals surface area contributed by atoms with Crippen LogP contribution in [0.4, 0.5) is 0 Å². The smallest absolute Gasteiger partial charge is 0.462 e. The molecular weight excluding hydrogens is 894 g/mol. The first-order valence-corrected chi connectivity index (χ1v) is 28.3. The Bertz CT molecular complexity index is 1650. The zero-order valence-corrected chi connectivity index (χ0v) is 44.6. The highest BCUT2D eigenvalue weighted by atomic mass is 31.2. The molecule has 0 saturated carbocycles. The molecule has 0 radical (unpaired) electrons. The minimum atomic E-state index is -4.39. The van der Waals surface area contributed by atoms with E-state index in [2.05, 4.69) is 160 Å². The van der Waals surface area contributed by atoms with Crippen LogP contribution in [0.3, 0.4) is 0 Å². The number of nitrogens with two attached hydrogens (primary N) is 1. The number of hydrogen-bond acceptors (Lipinski definition) is 8. The molecule has 394 valence electrons. The number of unbranched alkanes of at least 4 members (excludes halogenated alkanes) is 11. The summed E-state index contributed by atoms with van der Waals surface area (Å²) in [5.41, 5.74) is 5.35. The molecule has 0 fully saturated rings. The van der Waals surface area contributed by atoms with E-state index in [0.29, 0.717) is 6.42 Å². The van der Waals surface area contributed by atoms with Gasteiger partial charge in [0.1, 0.15) is 6.61 Å². The quantitative estimate of drug-likeness (QED) is 0.0264. The van der Waals surface area contributed by atoms with Crippen LogP contribution in [-0.2, 0) is 32.7 Å². The molecule has 0 aliphatic heterocycles. The second-order valence-electron chi connectivity index (χ2n) is 17.0. The van der Waals surface area contributed by atoms with Crippen LogP contribution in [0.1, 0.15) is 187 Å². The molecule has 0 saturated heterocycles. The van der Waals surface area contributed by atoms with Crippen molar-refractivity contribution in [1.82, 2.24) is 0 Å². The monoisotopic (exact) mass is 990 g/mol. The van der Waals surface area contributed by atoms with Gasteiger partial charge in [0, 0.05) is 19.4 Å². The molecule has 0 bridgehead atoms. The summed E-state index contributed by atoms with van der Waals surface area (Å²) < 4.78 is 32.7. The van der Waals surface area contributed by atoms with Crippen molar-refractivity contribution in [3.8, 4) is 0 Å². The molecule has 0 aromatic heterocycles. The lowest BCUT2D eigenvalue weighted by molar-refractivity contribution is -0.161. The lowest BCUT2D eigenvalue weighted by atomic mass is 10.1. The Kier molecular flexibility index (Phi) is 51.0. The number of rotatable bonds is 48. The van der Waals surface area contributed by atoms with Crippen LogP contribution in [0, 0.1) is 0 Å². The normalized spacial score (nSPS) is 14.3. The zero-order chi connectivity index (χ0) is 51.0. The Morgan fingerprint density at radius 2 is 0.786 bits per heavy atom. The van der Waals surface area contributed by atoms with Crippen molar-refractivity contribution < 1.29 is 37.6 Å². The molecule has 0 aromatic carbocycles. The lowest BCUT2D eigenvalue weighted by Gasteiger charge is -2.19. The van der Waals surface area contributed by atoms with Gasteiger partial charge in [-0.15, -0.1) is 0 Å². The van der Waals surface area contributed by atoms with Gasteiger partial charge in [-0.1, -0.05) is 217 Å².